The molecule has 3 nitrogen and oxygen atoms in total. The highest BCUT2D eigenvalue weighted by molar-refractivity contribution is 5.71. The van der Waals surface area contributed by atoms with E-state index in [4.69, 9.17) is 4.74 Å². The fourth-order valence-corrected chi connectivity index (χ4v) is 4.00. The zero-order valence-corrected chi connectivity index (χ0v) is 14.5. The topological polar surface area (TPSA) is 29.5 Å². The second kappa shape index (κ2) is 6.71. The van der Waals surface area contributed by atoms with Crippen LogP contribution in [0.1, 0.15) is 37.7 Å². The summed E-state index contributed by atoms with van der Waals surface area (Å²) in [6, 6.07) is 10.9. The minimum atomic E-state index is -0.591. The van der Waals surface area contributed by atoms with E-state index in [1.165, 1.54) is 18.6 Å². The minimum absolute atomic E-state index is 0.249. The first-order valence-corrected chi connectivity index (χ1v) is 9.07. The quantitative estimate of drug-likeness (QED) is 0.747. The molecule has 0 bridgehead atoms. The van der Waals surface area contributed by atoms with Crippen LogP contribution in [0.15, 0.2) is 42.5 Å². The summed E-state index contributed by atoms with van der Waals surface area (Å²) in [7, 11) is 0. The predicted molar refractivity (Wildman–Crippen MR) is 94.5 cm³/mol. The normalized spacial score (nSPS) is 19.0. The standard InChI is InChI=1S/C21H21F2NO2/c22-17-8-9-18(19(23)12-17)16-6-4-15(5-7-16)13-24-14-21(26-20(24)25)10-2-1-3-11-21/h4-9,12H,1-3,10-11,13-14H2. The third-order valence-electron chi connectivity index (χ3n) is 5.38. The number of hydrogen-bond acceptors (Lipinski definition) is 2. The van der Waals surface area contributed by atoms with E-state index in [9.17, 15) is 13.6 Å². The summed E-state index contributed by atoms with van der Waals surface area (Å²) < 4.78 is 32.7. The predicted octanol–water partition coefficient (Wildman–Crippen LogP) is 5.29. The lowest BCUT2D eigenvalue weighted by Crippen LogP contribution is -2.36. The van der Waals surface area contributed by atoms with Gasteiger partial charge in [-0.2, -0.15) is 0 Å². The van der Waals surface area contributed by atoms with Crippen molar-refractivity contribution in [2.75, 3.05) is 6.54 Å². The molecule has 1 heterocycles. The molecule has 5 heteroatoms. The van der Waals surface area contributed by atoms with Crippen LogP contribution in [0, 0.1) is 11.6 Å². The van der Waals surface area contributed by atoms with E-state index in [1.54, 1.807) is 17.0 Å². The van der Waals surface area contributed by atoms with Gasteiger partial charge in [-0.25, -0.2) is 13.6 Å². The largest absolute Gasteiger partial charge is 0.441 e. The molecule has 4 rings (SSSR count). The first kappa shape index (κ1) is 17.0. The smallest absolute Gasteiger partial charge is 0.410 e. The van der Waals surface area contributed by atoms with Gasteiger partial charge < -0.3 is 4.74 Å². The molecule has 136 valence electrons. The Morgan fingerprint density at radius 1 is 1.00 bits per heavy atom. The van der Waals surface area contributed by atoms with E-state index in [-0.39, 0.29) is 11.7 Å². The lowest BCUT2D eigenvalue weighted by atomic mass is 9.85. The van der Waals surface area contributed by atoms with E-state index >= 15 is 0 Å². The van der Waals surface area contributed by atoms with Gasteiger partial charge in [0.15, 0.2) is 0 Å². The number of amides is 1. The second-order valence-corrected chi connectivity index (χ2v) is 7.29. The molecule has 0 atom stereocenters. The van der Waals surface area contributed by atoms with E-state index in [1.807, 2.05) is 12.1 Å². The van der Waals surface area contributed by atoms with E-state index in [0.29, 0.717) is 24.2 Å². The highest BCUT2D eigenvalue weighted by Crippen LogP contribution is 2.37. The Hall–Kier alpha value is -2.43. The van der Waals surface area contributed by atoms with Gasteiger partial charge in [-0.1, -0.05) is 30.7 Å². The van der Waals surface area contributed by atoms with Crippen LogP contribution in [-0.4, -0.2) is 23.1 Å². The molecule has 2 aromatic rings. The average Bonchev–Trinajstić information content (AvgIpc) is 2.91. The van der Waals surface area contributed by atoms with E-state index in [0.717, 1.165) is 37.3 Å². The molecule has 0 unspecified atom stereocenters. The number of carbonyl (C=O) groups excluding carboxylic acids is 1. The summed E-state index contributed by atoms with van der Waals surface area (Å²) >= 11 is 0. The number of rotatable bonds is 3. The van der Waals surface area contributed by atoms with Crippen LogP contribution in [0.5, 0.6) is 0 Å². The van der Waals surface area contributed by atoms with Crippen molar-refractivity contribution in [3.05, 3.63) is 59.7 Å². The first-order chi connectivity index (χ1) is 12.5. The molecule has 2 fully saturated rings. The third-order valence-corrected chi connectivity index (χ3v) is 5.38. The zero-order valence-electron chi connectivity index (χ0n) is 14.5. The van der Waals surface area contributed by atoms with Crippen molar-refractivity contribution in [1.29, 1.82) is 0 Å². The van der Waals surface area contributed by atoms with Crippen LogP contribution in [0.4, 0.5) is 13.6 Å². The molecule has 0 N–H and O–H groups in total. The molecule has 0 radical (unpaired) electrons. The highest BCUT2D eigenvalue weighted by atomic mass is 19.1. The summed E-state index contributed by atoms with van der Waals surface area (Å²) in [4.78, 5) is 14.0. The Labute approximate surface area is 151 Å². The van der Waals surface area contributed by atoms with Crippen molar-refractivity contribution in [3.63, 3.8) is 0 Å². The molecule has 1 aliphatic heterocycles. The fourth-order valence-electron chi connectivity index (χ4n) is 4.00. The van der Waals surface area contributed by atoms with Crippen LogP contribution in [0.2, 0.25) is 0 Å². The summed E-state index contributed by atoms with van der Waals surface area (Å²) in [5.41, 5.74) is 1.70. The van der Waals surface area contributed by atoms with Crippen molar-refractivity contribution < 1.29 is 18.3 Å². The van der Waals surface area contributed by atoms with Crippen LogP contribution in [0.25, 0.3) is 11.1 Å². The molecule has 1 amide bonds. The molecular weight excluding hydrogens is 336 g/mol. The van der Waals surface area contributed by atoms with Gasteiger partial charge in [0.05, 0.1) is 6.54 Å². The van der Waals surface area contributed by atoms with Gasteiger partial charge in [-0.3, -0.25) is 4.90 Å². The van der Waals surface area contributed by atoms with Gasteiger partial charge >= 0.3 is 6.09 Å². The lowest BCUT2D eigenvalue weighted by Gasteiger charge is -2.30. The number of hydrogen-bond donors (Lipinski definition) is 0. The third kappa shape index (κ3) is 3.30. The SMILES string of the molecule is O=C1OC2(CCCCC2)CN1Cc1ccc(-c2ccc(F)cc2F)cc1. The maximum Gasteiger partial charge on any atom is 0.410 e. The number of carbonyl (C=O) groups is 1. The number of nitrogens with zero attached hydrogens (tertiary/aromatic N) is 1. The summed E-state index contributed by atoms with van der Waals surface area (Å²) in [6.45, 7) is 1.12. The summed E-state index contributed by atoms with van der Waals surface area (Å²) in [6.07, 6.45) is 5.06. The Balaban J connectivity index is 1.47. The Morgan fingerprint density at radius 2 is 1.73 bits per heavy atom. The lowest BCUT2D eigenvalue weighted by molar-refractivity contribution is 0.0260. The number of ether oxygens (including phenoxy) is 1. The van der Waals surface area contributed by atoms with Gasteiger partial charge in [0.25, 0.3) is 0 Å². The number of halogens is 2. The molecule has 2 aliphatic rings. The van der Waals surface area contributed by atoms with Crippen molar-refractivity contribution in [3.8, 4) is 11.1 Å². The Bertz CT molecular complexity index is 813. The van der Waals surface area contributed by atoms with Crippen LogP contribution in [-0.2, 0) is 11.3 Å². The molecule has 1 saturated heterocycles. The molecular formula is C21H21F2NO2. The van der Waals surface area contributed by atoms with Crippen molar-refractivity contribution in [2.24, 2.45) is 0 Å². The number of benzene rings is 2. The molecule has 26 heavy (non-hydrogen) atoms. The maximum atomic E-state index is 13.9. The van der Waals surface area contributed by atoms with Gasteiger partial charge in [0.2, 0.25) is 0 Å². The Morgan fingerprint density at radius 3 is 2.42 bits per heavy atom. The van der Waals surface area contributed by atoms with Crippen LogP contribution >= 0.6 is 0 Å². The molecule has 0 aromatic heterocycles. The van der Waals surface area contributed by atoms with Crippen molar-refractivity contribution in [2.45, 2.75) is 44.2 Å². The van der Waals surface area contributed by atoms with Crippen LogP contribution in [0.3, 0.4) is 0 Å². The van der Waals surface area contributed by atoms with Crippen LogP contribution < -0.4 is 0 Å². The fraction of sp³-hybridized carbons (Fsp3) is 0.381. The summed E-state index contributed by atoms with van der Waals surface area (Å²) in [5, 5.41) is 0. The zero-order chi connectivity index (χ0) is 18.1. The minimum Gasteiger partial charge on any atom is -0.441 e. The molecule has 1 saturated carbocycles. The second-order valence-electron chi connectivity index (χ2n) is 7.29. The van der Waals surface area contributed by atoms with Gasteiger partial charge in [-0.05, 0) is 48.9 Å². The Kier molecular flexibility index (Phi) is 4.39. The molecule has 1 spiro atoms. The summed E-state index contributed by atoms with van der Waals surface area (Å²) in [5.74, 6) is -1.17. The van der Waals surface area contributed by atoms with Gasteiger partial charge in [0, 0.05) is 18.2 Å². The van der Waals surface area contributed by atoms with E-state index < -0.39 is 11.6 Å². The first-order valence-electron chi connectivity index (χ1n) is 9.07. The monoisotopic (exact) mass is 357 g/mol. The van der Waals surface area contributed by atoms with E-state index in [2.05, 4.69) is 0 Å². The molecule has 1 aliphatic carbocycles. The van der Waals surface area contributed by atoms with Crippen molar-refractivity contribution in [1.82, 2.24) is 4.90 Å². The van der Waals surface area contributed by atoms with Gasteiger partial charge in [-0.15, -0.1) is 0 Å². The molecule has 2 aromatic carbocycles. The van der Waals surface area contributed by atoms with Crippen molar-refractivity contribution >= 4 is 6.09 Å². The highest BCUT2D eigenvalue weighted by Gasteiger charge is 2.45. The maximum absolute atomic E-state index is 13.9. The van der Waals surface area contributed by atoms with Gasteiger partial charge in [0.1, 0.15) is 17.2 Å². The average molecular weight is 357 g/mol.